The summed E-state index contributed by atoms with van der Waals surface area (Å²) in [7, 11) is 0. The molecular formula is C23H18ClN5OS2. The van der Waals surface area contributed by atoms with Gasteiger partial charge in [-0.25, -0.2) is 0 Å². The monoisotopic (exact) mass is 479 g/mol. The lowest BCUT2D eigenvalue weighted by atomic mass is 10.2. The minimum Gasteiger partial charge on any atom is -0.316 e. The van der Waals surface area contributed by atoms with Gasteiger partial charge in [0.15, 0.2) is 11.0 Å². The van der Waals surface area contributed by atoms with E-state index < -0.39 is 5.25 Å². The van der Waals surface area contributed by atoms with Crippen molar-refractivity contribution < 1.29 is 4.79 Å². The topological polar surface area (TPSA) is 83.6 Å². The summed E-state index contributed by atoms with van der Waals surface area (Å²) in [4.78, 5) is 12.8. The molecule has 0 bridgehead atoms. The van der Waals surface area contributed by atoms with Gasteiger partial charge in [0.2, 0.25) is 5.91 Å². The third-order valence-electron chi connectivity index (χ3n) is 4.68. The Labute approximate surface area is 198 Å². The molecule has 0 spiro atoms. The first-order chi connectivity index (χ1) is 15.5. The molecule has 4 aromatic rings. The highest BCUT2D eigenvalue weighted by molar-refractivity contribution is 8.00. The summed E-state index contributed by atoms with van der Waals surface area (Å²) >= 11 is 8.70. The molecule has 0 saturated heterocycles. The minimum absolute atomic E-state index is 0.198. The standard InChI is InChI=1S/C23H18ClN5OS2/c1-15(21(30)26-22-18(13-25)11-12-31-22)32-23-28-27-20(17-7-9-19(24)10-8-17)29(23)14-16-5-3-2-4-6-16/h2-12,15H,14H2,1H3,(H,26,30). The lowest BCUT2D eigenvalue weighted by molar-refractivity contribution is -0.115. The van der Waals surface area contributed by atoms with Gasteiger partial charge in [0, 0.05) is 10.6 Å². The number of nitrogens with zero attached hydrogens (tertiary/aromatic N) is 4. The first kappa shape index (κ1) is 22.1. The number of thiophene rings is 1. The summed E-state index contributed by atoms with van der Waals surface area (Å²) in [6.45, 7) is 2.37. The largest absolute Gasteiger partial charge is 0.316 e. The Morgan fingerprint density at radius 1 is 1.19 bits per heavy atom. The number of amides is 1. The van der Waals surface area contributed by atoms with Crippen molar-refractivity contribution in [2.45, 2.75) is 23.9 Å². The number of benzene rings is 2. The molecular weight excluding hydrogens is 462 g/mol. The molecule has 1 atom stereocenters. The fourth-order valence-corrected chi connectivity index (χ4v) is 4.73. The molecule has 6 nitrogen and oxygen atoms in total. The maximum atomic E-state index is 12.8. The van der Waals surface area contributed by atoms with Gasteiger partial charge in [-0.1, -0.05) is 53.7 Å². The van der Waals surface area contributed by atoms with Crippen LogP contribution in [0.5, 0.6) is 0 Å². The van der Waals surface area contributed by atoms with Gasteiger partial charge < -0.3 is 5.32 Å². The molecule has 0 aliphatic rings. The predicted octanol–water partition coefficient (Wildman–Crippen LogP) is 5.70. The van der Waals surface area contributed by atoms with Crippen LogP contribution < -0.4 is 5.32 Å². The van der Waals surface area contributed by atoms with Crippen LogP contribution in [0.15, 0.2) is 71.2 Å². The number of thioether (sulfide) groups is 1. The van der Waals surface area contributed by atoms with E-state index in [1.165, 1.54) is 23.1 Å². The number of rotatable bonds is 7. The van der Waals surface area contributed by atoms with Crippen LogP contribution in [0.25, 0.3) is 11.4 Å². The number of hydrogen-bond donors (Lipinski definition) is 1. The van der Waals surface area contributed by atoms with Crippen molar-refractivity contribution in [2.75, 3.05) is 5.32 Å². The zero-order valence-corrected chi connectivity index (χ0v) is 19.4. The first-order valence-electron chi connectivity index (χ1n) is 9.73. The third kappa shape index (κ3) is 5.02. The third-order valence-corrected chi connectivity index (χ3v) is 6.84. The van der Waals surface area contributed by atoms with Crippen molar-refractivity contribution in [1.29, 1.82) is 5.26 Å². The molecule has 2 heterocycles. The number of halogens is 1. The zero-order valence-electron chi connectivity index (χ0n) is 17.0. The Morgan fingerprint density at radius 2 is 1.94 bits per heavy atom. The van der Waals surface area contributed by atoms with E-state index in [4.69, 9.17) is 16.9 Å². The molecule has 0 aliphatic heterocycles. The normalized spacial score (nSPS) is 11.7. The van der Waals surface area contributed by atoms with Gasteiger partial charge in [0.05, 0.1) is 17.4 Å². The zero-order chi connectivity index (χ0) is 22.5. The Hall–Kier alpha value is -3.12. The SMILES string of the molecule is CC(Sc1nnc(-c2ccc(Cl)cc2)n1Cc1ccccc1)C(=O)Nc1sccc1C#N. The number of anilines is 1. The molecule has 160 valence electrons. The summed E-state index contributed by atoms with van der Waals surface area (Å²) in [5, 5.41) is 24.0. The molecule has 0 fully saturated rings. The summed E-state index contributed by atoms with van der Waals surface area (Å²) in [6.07, 6.45) is 0. The first-order valence-corrected chi connectivity index (χ1v) is 11.9. The van der Waals surface area contributed by atoms with Crippen LogP contribution in [0.1, 0.15) is 18.1 Å². The van der Waals surface area contributed by atoms with Crippen LogP contribution in [0, 0.1) is 11.3 Å². The van der Waals surface area contributed by atoms with E-state index in [-0.39, 0.29) is 5.91 Å². The summed E-state index contributed by atoms with van der Waals surface area (Å²) in [5.41, 5.74) is 2.44. The highest BCUT2D eigenvalue weighted by atomic mass is 35.5. The number of nitriles is 1. The molecule has 0 saturated carbocycles. The molecule has 2 aromatic heterocycles. The van der Waals surface area contributed by atoms with Crippen molar-refractivity contribution in [2.24, 2.45) is 0 Å². The van der Waals surface area contributed by atoms with E-state index >= 15 is 0 Å². The van der Waals surface area contributed by atoms with Crippen molar-refractivity contribution in [1.82, 2.24) is 14.8 Å². The molecule has 2 aromatic carbocycles. The number of carbonyl (C=O) groups is 1. The number of hydrogen-bond acceptors (Lipinski definition) is 6. The van der Waals surface area contributed by atoms with Crippen molar-refractivity contribution in [3.8, 4) is 17.5 Å². The van der Waals surface area contributed by atoms with E-state index in [1.54, 1.807) is 11.4 Å². The fourth-order valence-electron chi connectivity index (χ4n) is 3.02. The van der Waals surface area contributed by atoms with E-state index in [1.807, 2.05) is 66.1 Å². The van der Waals surface area contributed by atoms with Crippen LogP contribution in [0.4, 0.5) is 5.00 Å². The van der Waals surface area contributed by atoms with Crippen molar-refractivity contribution >= 4 is 45.6 Å². The second-order valence-electron chi connectivity index (χ2n) is 6.91. The van der Waals surface area contributed by atoms with E-state index in [2.05, 4.69) is 21.6 Å². The van der Waals surface area contributed by atoms with Crippen LogP contribution >= 0.6 is 34.7 Å². The van der Waals surface area contributed by atoms with Crippen LogP contribution in [-0.2, 0) is 11.3 Å². The molecule has 9 heteroatoms. The predicted molar refractivity (Wildman–Crippen MR) is 129 cm³/mol. The van der Waals surface area contributed by atoms with Gasteiger partial charge in [-0.05, 0) is 48.2 Å². The lowest BCUT2D eigenvalue weighted by Crippen LogP contribution is -2.23. The second-order valence-corrected chi connectivity index (χ2v) is 9.57. The molecule has 1 amide bonds. The van der Waals surface area contributed by atoms with E-state index in [0.717, 1.165) is 11.1 Å². The average molecular weight is 480 g/mol. The highest BCUT2D eigenvalue weighted by Gasteiger charge is 2.22. The number of nitrogens with one attached hydrogen (secondary N) is 1. The van der Waals surface area contributed by atoms with Gasteiger partial charge in [-0.15, -0.1) is 21.5 Å². The summed E-state index contributed by atoms with van der Waals surface area (Å²) in [6, 6.07) is 21.2. The molecule has 4 rings (SSSR count). The molecule has 32 heavy (non-hydrogen) atoms. The summed E-state index contributed by atoms with van der Waals surface area (Å²) in [5.74, 6) is 0.502. The van der Waals surface area contributed by atoms with E-state index in [0.29, 0.717) is 33.1 Å². The maximum absolute atomic E-state index is 12.8. The van der Waals surface area contributed by atoms with Crippen LogP contribution in [-0.4, -0.2) is 25.9 Å². The van der Waals surface area contributed by atoms with Gasteiger partial charge in [-0.3, -0.25) is 9.36 Å². The second kappa shape index (κ2) is 10.0. The minimum atomic E-state index is -0.444. The van der Waals surface area contributed by atoms with Crippen molar-refractivity contribution in [3.63, 3.8) is 0 Å². The molecule has 0 aliphatic carbocycles. The van der Waals surface area contributed by atoms with Gasteiger partial charge in [0.1, 0.15) is 11.1 Å². The van der Waals surface area contributed by atoms with Crippen LogP contribution in [0.3, 0.4) is 0 Å². The Kier molecular flexibility index (Phi) is 6.90. The Bertz CT molecular complexity index is 1260. The average Bonchev–Trinajstić information content (AvgIpc) is 3.42. The lowest BCUT2D eigenvalue weighted by Gasteiger charge is -2.14. The van der Waals surface area contributed by atoms with Gasteiger partial charge >= 0.3 is 0 Å². The molecule has 1 unspecified atom stereocenters. The van der Waals surface area contributed by atoms with Gasteiger partial charge in [-0.2, -0.15) is 5.26 Å². The smallest absolute Gasteiger partial charge is 0.238 e. The number of aromatic nitrogens is 3. The van der Waals surface area contributed by atoms with Gasteiger partial charge in [0.25, 0.3) is 0 Å². The number of carbonyl (C=O) groups excluding carboxylic acids is 1. The Balaban J connectivity index is 1.60. The Morgan fingerprint density at radius 3 is 2.66 bits per heavy atom. The highest BCUT2D eigenvalue weighted by Crippen LogP contribution is 2.30. The van der Waals surface area contributed by atoms with Crippen molar-refractivity contribution in [3.05, 3.63) is 82.2 Å². The van der Waals surface area contributed by atoms with Crippen LogP contribution in [0.2, 0.25) is 5.02 Å². The fraction of sp³-hybridized carbons (Fsp3) is 0.130. The van der Waals surface area contributed by atoms with E-state index in [9.17, 15) is 4.79 Å². The quantitative estimate of drug-likeness (QED) is 0.344. The molecule has 0 radical (unpaired) electrons. The maximum Gasteiger partial charge on any atom is 0.238 e. The molecule has 1 N–H and O–H groups in total. The summed E-state index contributed by atoms with van der Waals surface area (Å²) < 4.78 is 2.00.